The van der Waals surface area contributed by atoms with Crippen LogP contribution in [-0.4, -0.2) is 43.2 Å². The molecule has 0 aliphatic heterocycles. The lowest BCUT2D eigenvalue weighted by molar-refractivity contribution is 0.276. The molecule has 1 atom stereocenters. The lowest BCUT2D eigenvalue weighted by Crippen LogP contribution is -2.20. The Morgan fingerprint density at radius 1 is 1.26 bits per heavy atom. The molecule has 0 aliphatic carbocycles. The Hall–Kier alpha value is -3.81. The molecular formula is C27H30ClFN8O. The number of nitriles is 1. The highest BCUT2D eigenvalue weighted by Crippen LogP contribution is 2.36. The van der Waals surface area contributed by atoms with Gasteiger partial charge in [0.1, 0.15) is 11.8 Å². The molecule has 38 heavy (non-hydrogen) atoms. The molecule has 3 aromatic heterocycles. The van der Waals surface area contributed by atoms with Gasteiger partial charge in [-0.15, -0.1) is 5.10 Å². The van der Waals surface area contributed by atoms with Crippen LogP contribution in [0.2, 0.25) is 5.02 Å². The Balaban J connectivity index is 1.81. The molecule has 1 aromatic carbocycles. The van der Waals surface area contributed by atoms with Crippen molar-refractivity contribution in [2.24, 2.45) is 5.41 Å². The quantitative estimate of drug-likeness (QED) is 0.248. The summed E-state index contributed by atoms with van der Waals surface area (Å²) in [7, 11) is 0. The molecule has 0 saturated heterocycles. The number of fused-ring (bicyclic) bond motifs is 1. The van der Waals surface area contributed by atoms with Crippen molar-refractivity contribution >= 4 is 33.9 Å². The Morgan fingerprint density at radius 2 is 2.05 bits per heavy atom. The van der Waals surface area contributed by atoms with Crippen molar-refractivity contribution < 1.29 is 9.50 Å². The van der Waals surface area contributed by atoms with Crippen LogP contribution in [0.3, 0.4) is 0 Å². The van der Waals surface area contributed by atoms with Gasteiger partial charge in [-0.05, 0) is 37.0 Å². The summed E-state index contributed by atoms with van der Waals surface area (Å²) in [6.45, 7) is 9.22. The Morgan fingerprint density at radius 3 is 2.74 bits per heavy atom. The minimum absolute atomic E-state index is 0.0258. The average Bonchev–Trinajstić information content (AvgIpc) is 3.33. The van der Waals surface area contributed by atoms with Gasteiger partial charge < -0.3 is 15.7 Å². The van der Waals surface area contributed by atoms with Crippen LogP contribution in [0.25, 0.3) is 10.9 Å². The van der Waals surface area contributed by atoms with Gasteiger partial charge in [-0.1, -0.05) is 43.7 Å². The molecule has 0 saturated carbocycles. The van der Waals surface area contributed by atoms with Gasteiger partial charge in [-0.25, -0.2) is 4.98 Å². The number of hydrogen-bond acceptors (Lipinski definition) is 8. The zero-order valence-corrected chi connectivity index (χ0v) is 22.5. The van der Waals surface area contributed by atoms with Gasteiger partial charge in [0.25, 0.3) is 0 Å². The van der Waals surface area contributed by atoms with E-state index in [1.54, 1.807) is 29.9 Å². The predicted octanol–water partition coefficient (Wildman–Crippen LogP) is 5.24. The van der Waals surface area contributed by atoms with E-state index in [1.807, 2.05) is 6.07 Å². The van der Waals surface area contributed by atoms with Crippen molar-refractivity contribution in [1.82, 2.24) is 25.0 Å². The van der Waals surface area contributed by atoms with Crippen LogP contribution in [0, 0.1) is 29.6 Å². The normalized spacial score (nSPS) is 12.4. The molecule has 0 bridgehead atoms. The molecule has 9 nitrogen and oxygen atoms in total. The molecule has 4 aromatic rings. The first-order valence-electron chi connectivity index (χ1n) is 12.3. The van der Waals surface area contributed by atoms with Gasteiger partial charge in [-0.2, -0.15) is 9.65 Å². The van der Waals surface area contributed by atoms with Gasteiger partial charge in [0.05, 0.1) is 34.0 Å². The maximum atomic E-state index is 13.8. The fourth-order valence-corrected chi connectivity index (χ4v) is 4.35. The Bertz CT molecular complexity index is 1490. The molecule has 0 spiro atoms. The number of aliphatic hydroxyl groups is 1. The number of benzene rings is 1. The van der Waals surface area contributed by atoms with Crippen LogP contribution in [0.1, 0.15) is 55.7 Å². The molecule has 0 radical (unpaired) electrons. The first-order valence-corrected chi connectivity index (χ1v) is 12.6. The van der Waals surface area contributed by atoms with Crippen LogP contribution >= 0.6 is 11.6 Å². The minimum atomic E-state index is -0.574. The summed E-state index contributed by atoms with van der Waals surface area (Å²) in [5.74, 6) is -0.574. The van der Waals surface area contributed by atoms with E-state index in [1.165, 1.54) is 12.3 Å². The van der Waals surface area contributed by atoms with Crippen LogP contribution < -0.4 is 10.6 Å². The van der Waals surface area contributed by atoms with Crippen LogP contribution in [0.4, 0.5) is 15.8 Å². The van der Waals surface area contributed by atoms with E-state index in [4.69, 9.17) is 11.6 Å². The molecule has 3 heterocycles. The molecule has 4 rings (SSSR count). The Labute approximate surface area is 225 Å². The second kappa shape index (κ2) is 11.3. The molecule has 198 valence electrons. The average molecular weight is 537 g/mol. The number of hydrogen-bond donors (Lipinski definition) is 3. The van der Waals surface area contributed by atoms with Gasteiger partial charge >= 0.3 is 0 Å². The molecule has 1 unspecified atom stereocenters. The lowest BCUT2D eigenvalue weighted by Gasteiger charge is -2.23. The van der Waals surface area contributed by atoms with Crippen molar-refractivity contribution in [1.29, 1.82) is 5.26 Å². The standard InChI is InChI=1S/C27H30ClFN8O/c1-16-19(6-7-23(29)33-16)26(22-14-37(36-35-22)8-5-9-38)34-18-10-20-24(32-15-27(2,3)4)17(12-30)13-31-25(20)21(28)11-18/h6-7,10-11,13-14,26,34,38H,5,8-9,15H2,1-4H3,(H,31,32). The number of halogens is 2. The number of nitrogens with zero attached hydrogens (tertiary/aromatic N) is 6. The minimum Gasteiger partial charge on any atom is -0.396 e. The van der Waals surface area contributed by atoms with Crippen LogP contribution in [0.15, 0.2) is 36.7 Å². The summed E-state index contributed by atoms with van der Waals surface area (Å²) in [5.41, 5.74) is 4.07. The summed E-state index contributed by atoms with van der Waals surface area (Å²) in [6.07, 6.45) is 3.84. The predicted molar refractivity (Wildman–Crippen MR) is 146 cm³/mol. The first kappa shape index (κ1) is 27.2. The SMILES string of the molecule is Cc1nc(F)ccc1C(Nc1cc(Cl)c2ncc(C#N)c(NCC(C)(C)C)c2c1)c1cn(CCCO)nn1. The monoisotopic (exact) mass is 536 g/mol. The number of pyridine rings is 2. The maximum Gasteiger partial charge on any atom is 0.213 e. The summed E-state index contributed by atoms with van der Waals surface area (Å²) in [6, 6.07) is 8.29. The van der Waals surface area contributed by atoms with Crippen LogP contribution in [-0.2, 0) is 6.54 Å². The zero-order chi connectivity index (χ0) is 27.4. The van der Waals surface area contributed by atoms with Crippen molar-refractivity contribution in [2.45, 2.75) is 46.7 Å². The molecule has 3 N–H and O–H groups in total. The van der Waals surface area contributed by atoms with Crippen molar-refractivity contribution in [2.75, 3.05) is 23.8 Å². The summed E-state index contributed by atoms with van der Waals surface area (Å²) in [4.78, 5) is 8.42. The van der Waals surface area contributed by atoms with E-state index in [-0.39, 0.29) is 12.0 Å². The highest BCUT2D eigenvalue weighted by molar-refractivity contribution is 6.35. The van der Waals surface area contributed by atoms with Crippen molar-refractivity contribution in [3.8, 4) is 6.07 Å². The molecule has 11 heteroatoms. The number of aromatic nitrogens is 5. The van der Waals surface area contributed by atoms with Gasteiger partial charge in [0.2, 0.25) is 5.95 Å². The van der Waals surface area contributed by atoms with Crippen molar-refractivity contribution in [3.05, 3.63) is 70.1 Å². The third-order valence-corrected chi connectivity index (χ3v) is 6.24. The topological polar surface area (TPSA) is 125 Å². The van der Waals surface area contributed by atoms with E-state index < -0.39 is 12.0 Å². The summed E-state index contributed by atoms with van der Waals surface area (Å²) in [5, 5.41) is 35.4. The second-order valence-corrected chi connectivity index (χ2v) is 10.7. The smallest absolute Gasteiger partial charge is 0.213 e. The highest BCUT2D eigenvalue weighted by Gasteiger charge is 2.23. The molecular weight excluding hydrogens is 507 g/mol. The van der Waals surface area contributed by atoms with E-state index >= 15 is 0 Å². The third-order valence-electron chi connectivity index (χ3n) is 5.95. The molecule has 0 amide bonds. The zero-order valence-electron chi connectivity index (χ0n) is 21.8. The number of anilines is 2. The number of nitrogens with one attached hydrogen (secondary N) is 2. The maximum absolute atomic E-state index is 13.8. The van der Waals surface area contributed by atoms with Crippen LogP contribution in [0.5, 0.6) is 0 Å². The summed E-state index contributed by atoms with van der Waals surface area (Å²) < 4.78 is 15.5. The van der Waals surface area contributed by atoms with E-state index in [9.17, 15) is 14.8 Å². The largest absolute Gasteiger partial charge is 0.396 e. The van der Waals surface area contributed by atoms with Gasteiger partial charge in [-0.3, -0.25) is 9.67 Å². The van der Waals surface area contributed by atoms with Crippen molar-refractivity contribution in [3.63, 3.8) is 0 Å². The molecule has 0 aliphatic rings. The number of aliphatic hydroxyl groups excluding tert-OH is 1. The van der Waals surface area contributed by atoms with Gasteiger partial charge in [0, 0.05) is 48.2 Å². The number of rotatable bonds is 9. The van der Waals surface area contributed by atoms with E-state index in [0.29, 0.717) is 69.3 Å². The van der Waals surface area contributed by atoms with E-state index in [0.717, 1.165) is 0 Å². The molecule has 0 fully saturated rings. The second-order valence-electron chi connectivity index (χ2n) is 10.3. The fraction of sp³-hybridized carbons (Fsp3) is 0.370. The Kier molecular flexibility index (Phi) is 8.09. The summed E-state index contributed by atoms with van der Waals surface area (Å²) >= 11 is 6.68. The fourth-order valence-electron chi connectivity index (χ4n) is 4.08. The first-order chi connectivity index (χ1) is 18.1. The lowest BCUT2D eigenvalue weighted by atomic mass is 9.96. The third kappa shape index (κ3) is 6.18. The van der Waals surface area contributed by atoms with E-state index in [2.05, 4.69) is 57.8 Å². The van der Waals surface area contributed by atoms with Gasteiger partial charge in [0.15, 0.2) is 0 Å². The highest BCUT2D eigenvalue weighted by atomic mass is 35.5. The number of aryl methyl sites for hydroxylation is 2.